The highest BCUT2D eigenvalue weighted by atomic mass is 16.1. The monoisotopic (exact) mass is 242 g/mol. The number of pyridine rings is 1. The summed E-state index contributed by atoms with van der Waals surface area (Å²) in [5, 5.41) is 3.12. The van der Waals surface area contributed by atoms with Gasteiger partial charge in [-0.15, -0.1) is 0 Å². The smallest absolute Gasteiger partial charge is 0.250 e. The maximum Gasteiger partial charge on any atom is 0.250 e. The van der Waals surface area contributed by atoms with E-state index < -0.39 is 5.91 Å². The van der Waals surface area contributed by atoms with E-state index >= 15 is 0 Å². The van der Waals surface area contributed by atoms with Gasteiger partial charge >= 0.3 is 0 Å². The normalized spacial score (nSPS) is 10.0. The van der Waals surface area contributed by atoms with Gasteiger partial charge in [0, 0.05) is 17.6 Å². The van der Waals surface area contributed by atoms with Crippen molar-refractivity contribution in [2.45, 2.75) is 6.54 Å². The first-order chi connectivity index (χ1) is 8.66. The highest BCUT2D eigenvalue weighted by Gasteiger charge is 2.08. The van der Waals surface area contributed by atoms with Crippen LogP contribution in [0.1, 0.15) is 16.1 Å². The van der Waals surface area contributed by atoms with Gasteiger partial charge < -0.3 is 16.8 Å². The summed E-state index contributed by atoms with van der Waals surface area (Å²) in [6.07, 6.45) is 1.72. The molecule has 18 heavy (non-hydrogen) atoms. The van der Waals surface area contributed by atoms with Gasteiger partial charge in [0.2, 0.25) is 0 Å². The molecule has 2 rings (SSSR count). The average molecular weight is 242 g/mol. The number of rotatable bonds is 4. The van der Waals surface area contributed by atoms with Crippen LogP contribution < -0.4 is 16.8 Å². The lowest BCUT2D eigenvalue weighted by molar-refractivity contribution is 0.100. The number of hydrogen-bond donors (Lipinski definition) is 3. The Labute approximate surface area is 105 Å². The second kappa shape index (κ2) is 5.18. The van der Waals surface area contributed by atoms with Crippen LogP contribution in [-0.4, -0.2) is 10.9 Å². The van der Waals surface area contributed by atoms with Crippen LogP contribution >= 0.6 is 0 Å². The van der Waals surface area contributed by atoms with E-state index in [1.165, 1.54) is 0 Å². The van der Waals surface area contributed by atoms with E-state index in [9.17, 15) is 4.79 Å². The molecule has 0 aliphatic rings. The number of nitrogens with two attached hydrogens (primary N) is 2. The van der Waals surface area contributed by atoms with Crippen molar-refractivity contribution in [2.24, 2.45) is 5.73 Å². The number of amides is 1. The SMILES string of the molecule is NC(=O)c1cc(N)ccc1NCc1ccccn1. The van der Waals surface area contributed by atoms with E-state index in [0.29, 0.717) is 23.5 Å². The first kappa shape index (κ1) is 11.9. The molecule has 0 spiro atoms. The number of carbonyl (C=O) groups is 1. The molecule has 1 amide bonds. The number of anilines is 2. The molecule has 2 aromatic rings. The van der Waals surface area contributed by atoms with Gasteiger partial charge in [-0.1, -0.05) is 6.07 Å². The van der Waals surface area contributed by atoms with Gasteiger partial charge in [-0.2, -0.15) is 0 Å². The van der Waals surface area contributed by atoms with Crippen LogP contribution in [0, 0.1) is 0 Å². The fourth-order valence-corrected chi connectivity index (χ4v) is 1.61. The molecule has 0 aliphatic heterocycles. The zero-order valence-electron chi connectivity index (χ0n) is 9.76. The molecule has 0 saturated carbocycles. The van der Waals surface area contributed by atoms with E-state index in [4.69, 9.17) is 11.5 Å². The van der Waals surface area contributed by atoms with Crippen molar-refractivity contribution in [1.82, 2.24) is 4.98 Å². The molecule has 0 aliphatic carbocycles. The highest BCUT2D eigenvalue weighted by molar-refractivity contribution is 5.99. The Bertz CT molecular complexity index is 554. The Morgan fingerprint density at radius 1 is 1.28 bits per heavy atom. The lowest BCUT2D eigenvalue weighted by Crippen LogP contribution is -2.15. The van der Waals surface area contributed by atoms with Crippen LogP contribution in [0.25, 0.3) is 0 Å². The summed E-state index contributed by atoms with van der Waals surface area (Å²) < 4.78 is 0. The highest BCUT2D eigenvalue weighted by Crippen LogP contribution is 2.18. The molecular formula is C13H14N4O. The lowest BCUT2D eigenvalue weighted by Gasteiger charge is -2.10. The van der Waals surface area contributed by atoms with Crippen LogP contribution in [0.15, 0.2) is 42.6 Å². The summed E-state index contributed by atoms with van der Waals surface area (Å²) in [6, 6.07) is 10.7. The minimum Gasteiger partial charge on any atom is -0.399 e. The second-order valence-corrected chi connectivity index (χ2v) is 3.84. The summed E-state index contributed by atoms with van der Waals surface area (Å²) in [5.41, 5.74) is 13.3. The first-order valence-corrected chi connectivity index (χ1v) is 5.50. The maximum absolute atomic E-state index is 11.3. The zero-order valence-corrected chi connectivity index (χ0v) is 9.76. The standard InChI is InChI=1S/C13H14N4O/c14-9-4-5-12(11(7-9)13(15)18)17-8-10-3-1-2-6-16-10/h1-7,17H,8,14H2,(H2,15,18). The summed E-state index contributed by atoms with van der Waals surface area (Å²) in [4.78, 5) is 15.5. The minimum absolute atomic E-state index is 0.380. The third-order valence-electron chi connectivity index (χ3n) is 2.50. The molecule has 1 aromatic carbocycles. The van der Waals surface area contributed by atoms with Gasteiger partial charge in [0.15, 0.2) is 0 Å². The van der Waals surface area contributed by atoms with Gasteiger partial charge in [-0.3, -0.25) is 9.78 Å². The fraction of sp³-hybridized carbons (Fsp3) is 0.0769. The maximum atomic E-state index is 11.3. The molecule has 0 unspecified atom stereocenters. The Kier molecular flexibility index (Phi) is 3.43. The number of benzene rings is 1. The van der Waals surface area contributed by atoms with E-state index in [0.717, 1.165) is 5.69 Å². The first-order valence-electron chi connectivity index (χ1n) is 5.50. The van der Waals surface area contributed by atoms with Crippen molar-refractivity contribution in [3.63, 3.8) is 0 Å². The number of primary amides is 1. The summed E-state index contributed by atoms with van der Waals surface area (Å²) in [6.45, 7) is 0.519. The molecule has 1 aromatic heterocycles. The predicted molar refractivity (Wildman–Crippen MR) is 70.9 cm³/mol. The third kappa shape index (κ3) is 2.76. The third-order valence-corrected chi connectivity index (χ3v) is 2.50. The average Bonchev–Trinajstić information content (AvgIpc) is 2.38. The van der Waals surface area contributed by atoms with Crippen LogP contribution in [0.2, 0.25) is 0 Å². The minimum atomic E-state index is -0.508. The number of hydrogen-bond acceptors (Lipinski definition) is 4. The summed E-state index contributed by atoms with van der Waals surface area (Å²) in [7, 11) is 0. The Morgan fingerprint density at radius 3 is 2.78 bits per heavy atom. The topological polar surface area (TPSA) is 94.0 Å². The number of nitrogens with zero attached hydrogens (tertiary/aromatic N) is 1. The van der Waals surface area contributed by atoms with Gasteiger partial charge in [0.1, 0.15) is 0 Å². The van der Waals surface area contributed by atoms with Crippen molar-refractivity contribution in [1.29, 1.82) is 0 Å². The van der Waals surface area contributed by atoms with E-state index in [2.05, 4.69) is 10.3 Å². The van der Waals surface area contributed by atoms with Crippen LogP contribution in [0.5, 0.6) is 0 Å². The van der Waals surface area contributed by atoms with Crippen LogP contribution in [0.3, 0.4) is 0 Å². The molecule has 92 valence electrons. The van der Waals surface area contributed by atoms with Gasteiger partial charge in [-0.25, -0.2) is 0 Å². The molecule has 5 nitrogen and oxygen atoms in total. The molecular weight excluding hydrogens is 228 g/mol. The van der Waals surface area contributed by atoms with Crippen molar-refractivity contribution in [3.8, 4) is 0 Å². The largest absolute Gasteiger partial charge is 0.399 e. The Hall–Kier alpha value is -2.56. The van der Waals surface area contributed by atoms with E-state index in [-0.39, 0.29) is 0 Å². The summed E-state index contributed by atoms with van der Waals surface area (Å²) in [5.74, 6) is -0.508. The van der Waals surface area contributed by atoms with Crippen LogP contribution in [-0.2, 0) is 6.54 Å². The van der Waals surface area contributed by atoms with Crippen molar-refractivity contribution in [2.75, 3.05) is 11.1 Å². The quantitative estimate of drug-likeness (QED) is 0.706. The number of aromatic nitrogens is 1. The molecule has 0 bridgehead atoms. The van der Waals surface area contributed by atoms with Gasteiger partial charge in [-0.05, 0) is 30.3 Å². The fourth-order valence-electron chi connectivity index (χ4n) is 1.61. The number of nitrogens with one attached hydrogen (secondary N) is 1. The molecule has 0 atom stereocenters. The number of carbonyl (C=O) groups excluding carboxylic acids is 1. The predicted octanol–water partition coefficient (Wildman–Crippen LogP) is 1.37. The molecule has 5 N–H and O–H groups in total. The van der Waals surface area contributed by atoms with Gasteiger partial charge in [0.25, 0.3) is 5.91 Å². The lowest BCUT2D eigenvalue weighted by atomic mass is 10.1. The Morgan fingerprint density at radius 2 is 2.11 bits per heavy atom. The van der Waals surface area contributed by atoms with E-state index in [1.807, 2.05) is 18.2 Å². The van der Waals surface area contributed by atoms with Crippen molar-refractivity contribution < 1.29 is 4.79 Å². The van der Waals surface area contributed by atoms with Crippen molar-refractivity contribution in [3.05, 3.63) is 53.9 Å². The molecule has 5 heteroatoms. The molecule has 0 saturated heterocycles. The number of nitrogen functional groups attached to an aromatic ring is 1. The molecule has 0 fully saturated rings. The molecule has 0 radical (unpaired) electrons. The zero-order chi connectivity index (χ0) is 13.0. The second-order valence-electron chi connectivity index (χ2n) is 3.84. The van der Waals surface area contributed by atoms with Gasteiger partial charge in [0.05, 0.1) is 17.8 Å². The van der Waals surface area contributed by atoms with E-state index in [1.54, 1.807) is 24.4 Å². The molecule has 1 heterocycles. The summed E-state index contributed by atoms with van der Waals surface area (Å²) >= 11 is 0. The van der Waals surface area contributed by atoms with Crippen molar-refractivity contribution >= 4 is 17.3 Å². The van der Waals surface area contributed by atoms with Crippen LogP contribution in [0.4, 0.5) is 11.4 Å². The Balaban J connectivity index is 2.17.